The average molecular weight is 238 g/mol. The van der Waals surface area contributed by atoms with Crippen LogP contribution in [0.2, 0.25) is 0 Å². The van der Waals surface area contributed by atoms with Crippen molar-refractivity contribution in [3.05, 3.63) is 39.4 Å². The first-order valence-electron chi connectivity index (χ1n) is 5.13. The highest BCUT2D eigenvalue weighted by molar-refractivity contribution is 5.94. The third-order valence-corrected chi connectivity index (χ3v) is 2.21. The second-order valence-electron chi connectivity index (χ2n) is 3.82. The summed E-state index contributed by atoms with van der Waals surface area (Å²) in [6.45, 7) is 3.28. The number of carbonyl (C=O) groups excluding carboxylic acids is 1. The zero-order valence-corrected chi connectivity index (χ0v) is 9.64. The molecule has 0 saturated carbocycles. The van der Waals surface area contributed by atoms with E-state index in [-0.39, 0.29) is 18.1 Å². The van der Waals surface area contributed by atoms with Crippen molar-refractivity contribution in [2.24, 2.45) is 0 Å². The fraction of sp³-hybridized carbons (Fsp3) is 0.364. The predicted molar refractivity (Wildman–Crippen MR) is 61.8 cm³/mol. The van der Waals surface area contributed by atoms with E-state index in [0.717, 1.165) is 0 Å². The number of nitrogens with one attached hydrogen (secondary N) is 1. The highest BCUT2D eigenvalue weighted by atomic mass is 16.6. The number of rotatable bonds is 4. The first-order chi connectivity index (χ1) is 7.91. The number of benzene rings is 1. The molecule has 0 aliphatic carbocycles. The second-order valence-corrected chi connectivity index (χ2v) is 3.82. The number of aliphatic hydroxyl groups excluding tert-OH is 1. The van der Waals surface area contributed by atoms with Crippen LogP contribution in [0, 0.1) is 17.0 Å². The van der Waals surface area contributed by atoms with Crippen molar-refractivity contribution in [2.75, 3.05) is 6.54 Å². The molecule has 0 aliphatic heterocycles. The molecule has 6 nitrogen and oxygen atoms in total. The van der Waals surface area contributed by atoms with Crippen molar-refractivity contribution in [2.45, 2.75) is 20.0 Å². The van der Waals surface area contributed by atoms with Gasteiger partial charge in [-0.15, -0.1) is 0 Å². The zero-order valence-electron chi connectivity index (χ0n) is 9.64. The molecule has 0 unspecified atom stereocenters. The maximum atomic E-state index is 11.6. The van der Waals surface area contributed by atoms with Gasteiger partial charge < -0.3 is 10.4 Å². The van der Waals surface area contributed by atoms with Gasteiger partial charge in [0, 0.05) is 23.7 Å². The van der Waals surface area contributed by atoms with Gasteiger partial charge in [-0.1, -0.05) is 0 Å². The van der Waals surface area contributed by atoms with Gasteiger partial charge in [0.2, 0.25) is 0 Å². The third-order valence-electron chi connectivity index (χ3n) is 2.21. The van der Waals surface area contributed by atoms with Gasteiger partial charge in [0.1, 0.15) is 0 Å². The Balaban J connectivity index is 2.83. The molecule has 1 amide bonds. The summed E-state index contributed by atoms with van der Waals surface area (Å²) in [7, 11) is 0. The standard InChI is InChI=1S/C11H14N2O4/c1-7-5-9(3-4-10(7)13(16)17)11(15)12-6-8(2)14/h3-5,8,14H,6H2,1-2H3,(H,12,15)/t8-/m0/s1. The number of nitro benzene ring substituents is 1. The topological polar surface area (TPSA) is 92.5 Å². The van der Waals surface area contributed by atoms with Gasteiger partial charge in [-0.25, -0.2) is 0 Å². The molecule has 0 spiro atoms. The molecule has 0 heterocycles. The Morgan fingerprint density at radius 2 is 2.24 bits per heavy atom. The Bertz CT molecular complexity index is 443. The van der Waals surface area contributed by atoms with Gasteiger partial charge in [0.25, 0.3) is 11.6 Å². The predicted octanol–water partition coefficient (Wildman–Crippen LogP) is 1.01. The molecule has 0 saturated heterocycles. The summed E-state index contributed by atoms with van der Waals surface area (Å²) in [5.41, 5.74) is 0.755. The van der Waals surface area contributed by atoms with Crippen LogP contribution in [0.25, 0.3) is 0 Å². The monoisotopic (exact) mass is 238 g/mol. The van der Waals surface area contributed by atoms with Crippen LogP contribution in [-0.2, 0) is 0 Å². The molecule has 17 heavy (non-hydrogen) atoms. The smallest absolute Gasteiger partial charge is 0.272 e. The fourth-order valence-electron chi connectivity index (χ4n) is 1.34. The normalized spacial score (nSPS) is 11.9. The largest absolute Gasteiger partial charge is 0.392 e. The summed E-state index contributed by atoms with van der Waals surface area (Å²) >= 11 is 0. The van der Waals surface area contributed by atoms with Crippen LogP contribution in [0.3, 0.4) is 0 Å². The van der Waals surface area contributed by atoms with Crippen LogP contribution in [-0.4, -0.2) is 28.6 Å². The Morgan fingerprint density at radius 1 is 1.59 bits per heavy atom. The number of aliphatic hydroxyl groups is 1. The second kappa shape index (κ2) is 5.40. The van der Waals surface area contributed by atoms with Crippen LogP contribution in [0.1, 0.15) is 22.8 Å². The Labute approximate surface area is 98.4 Å². The molecule has 1 rings (SSSR count). The number of carbonyl (C=O) groups is 1. The summed E-state index contributed by atoms with van der Waals surface area (Å²) in [6.07, 6.45) is -0.627. The minimum Gasteiger partial charge on any atom is -0.392 e. The Morgan fingerprint density at radius 3 is 2.71 bits per heavy atom. The van der Waals surface area contributed by atoms with Gasteiger partial charge in [0.05, 0.1) is 11.0 Å². The van der Waals surface area contributed by atoms with Gasteiger partial charge in [-0.2, -0.15) is 0 Å². The van der Waals surface area contributed by atoms with Crippen LogP contribution in [0.4, 0.5) is 5.69 Å². The van der Waals surface area contributed by atoms with E-state index < -0.39 is 11.0 Å². The van der Waals surface area contributed by atoms with Gasteiger partial charge in [-0.05, 0) is 26.0 Å². The lowest BCUT2D eigenvalue weighted by Crippen LogP contribution is -2.30. The Kier molecular flexibility index (Phi) is 4.17. The molecule has 1 aromatic rings. The minimum atomic E-state index is -0.627. The van der Waals surface area contributed by atoms with E-state index in [0.29, 0.717) is 11.1 Å². The highest BCUT2D eigenvalue weighted by Gasteiger charge is 2.13. The molecule has 0 bridgehead atoms. The molecule has 0 aromatic heterocycles. The molecule has 1 atom stereocenters. The number of amides is 1. The molecular weight excluding hydrogens is 224 g/mol. The summed E-state index contributed by atoms with van der Waals surface area (Å²) in [4.78, 5) is 21.7. The van der Waals surface area contributed by atoms with Gasteiger partial charge in [-0.3, -0.25) is 14.9 Å². The number of hydrogen-bond donors (Lipinski definition) is 2. The van der Waals surface area contributed by atoms with E-state index in [4.69, 9.17) is 5.11 Å². The summed E-state index contributed by atoms with van der Waals surface area (Å²) in [5, 5.41) is 22.1. The van der Waals surface area contributed by atoms with Crippen molar-refractivity contribution in [3.63, 3.8) is 0 Å². The van der Waals surface area contributed by atoms with E-state index in [1.807, 2.05) is 0 Å². The van der Waals surface area contributed by atoms with Crippen LogP contribution < -0.4 is 5.32 Å². The maximum absolute atomic E-state index is 11.6. The van der Waals surface area contributed by atoms with E-state index >= 15 is 0 Å². The summed E-state index contributed by atoms with van der Waals surface area (Å²) in [6, 6.07) is 4.14. The molecule has 0 fully saturated rings. The summed E-state index contributed by atoms with van der Waals surface area (Å²) in [5.74, 6) is -0.358. The molecule has 6 heteroatoms. The molecule has 0 radical (unpaired) electrons. The maximum Gasteiger partial charge on any atom is 0.272 e. The van der Waals surface area contributed by atoms with E-state index in [1.165, 1.54) is 18.2 Å². The number of nitrogens with zero attached hydrogens (tertiary/aromatic N) is 1. The van der Waals surface area contributed by atoms with Crippen LogP contribution in [0.15, 0.2) is 18.2 Å². The van der Waals surface area contributed by atoms with Crippen molar-refractivity contribution in [1.29, 1.82) is 0 Å². The zero-order chi connectivity index (χ0) is 13.0. The SMILES string of the molecule is Cc1cc(C(=O)NC[C@H](C)O)ccc1[N+](=O)[O-]. The van der Waals surface area contributed by atoms with Crippen molar-refractivity contribution in [3.8, 4) is 0 Å². The first-order valence-corrected chi connectivity index (χ1v) is 5.13. The first kappa shape index (κ1) is 13.1. The van der Waals surface area contributed by atoms with Crippen molar-refractivity contribution >= 4 is 11.6 Å². The Hall–Kier alpha value is -1.95. The molecule has 1 aromatic carbocycles. The molecule has 0 aliphatic rings. The quantitative estimate of drug-likeness (QED) is 0.605. The minimum absolute atomic E-state index is 0.0166. The number of nitro groups is 1. The average Bonchev–Trinajstić information content (AvgIpc) is 2.25. The van der Waals surface area contributed by atoms with E-state index in [9.17, 15) is 14.9 Å². The fourth-order valence-corrected chi connectivity index (χ4v) is 1.34. The molecule has 2 N–H and O–H groups in total. The highest BCUT2D eigenvalue weighted by Crippen LogP contribution is 2.18. The van der Waals surface area contributed by atoms with Crippen molar-refractivity contribution in [1.82, 2.24) is 5.32 Å². The van der Waals surface area contributed by atoms with Crippen LogP contribution >= 0.6 is 0 Å². The molecule has 92 valence electrons. The van der Waals surface area contributed by atoms with E-state index in [1.54, 1.807) is 13.8 Å². The number of hydrogen-bond acceptors (Lipinski definition) is 4. The van der Waals surface area contributed by atoms with E-state index in [2.05, 4.69) is 5.32 Å². The van der Waals surface area contributed by atoms with Crippen LogP contribution in [0.5, 0.6) is 0 Å². The van der Waals surface area contributed by atoms with Gasteiger partial charge >= 0.3 is 0 Å². The third kappa shape index (κ3) is 3.53. The number of aryl methyl sites for hydroxylation is 1. The lowest BCUT2D eigenvalue weighted by Gasteiger charge is -2.07. The lowest BCUT2D eigenvalue weighted by atomic mass is 10.1. The lowest BCUT2D eigenvalue weighted by molar-refractivity contribution is -0.385. The van der Waals surface area contributed by atoms with Crippen molar-refractivity contribution < 1.29 is 14.8 Å². The van der Waals surface area contributed by atoms with Gasteiger partial charge in [0.15, 0.2) is 0 Å². The molecular formula is C11H14N2O4. The summed E-state index contributed by atoms with van der Waals surface area (Å²) < 4.78 is 0.